The van der Waals surface area contributed by atoms with Crippen LogP contribution in [0.1, 0.15) is 150 Å². The molecule has 8 nitrogen and oxygen atoms in total. The summed E-state index contributed by atoms with van der Waals surface area (Å²) in [5.74, 6) is -5.39. The minimum absolute atomic E-state index is 0.0407. The minimum atomic E-state index is -2.56. The van der Waals surface area contributed by atoms with Gasteiger partial charge in [-0.05, 0) is 32.1 Å². The van der Waals surface area contributed by atoms with Crippen molar-refractivity contribution in [2.45, 2.75) is 150 Å². The first kappa shape index (κ1) is 38.9. The topological polar surface area (TPSA) is 105 Å². The maximum Gasteiger partial charge on any atom is 0.336 e. The zero-order valence-electron chi connectivity index (χ0n) is 26.9. The number of esters is 4. The molecule has 0 saturated heterocycles. The van der Waals surface area contributed by atoms with Gasteiger partial charge in [-0.3, -0.25) is 19.2 Å². The molecule has 0 aliphatic carbocycles. The monoisotopic (exact) mass is 584 g/mol. The van der Waals surface area contributed by atoms with Gasteiger partial charge in [0.25, 0.3) is 5.41 Å². The summed E-state index contributed by atoms with van der Waals surface area (Å²) in [5, 5.41) is 0. The summed E-state index contributed by atoms with van der Waals surface area (Å²) in [5.41, 5.74) is -2.56. The second-order valence-electron chi connectivity index (χ2n) is 11.0. The zero-order valence-corrected chi connectivity index (χ0v) is 26.9. The smallest absolute Gasteiger partial charge is 0.336 e. The highest BCUT2D eigenvalue weighted by Gasteiger charge is 2.65. The van der Waals surface area contributed by atoms with Gasteiger partial charge in [-0.2, -0.15) is 0 Å². The van der Waals surface area contributed by atoms with Crippen molar-refractivity contribution in [1.29, 1.82) is 0 Å². The molecule has 0 radical (unpaired) electrons. The molecule has 0 aromatic carbocycles. The lowest BCUT2D eigenvalue weighted by Gasteiger charge is -2.33. The summed E-state index contributed by atoms with van der Waals surface area (Å²) in [4.78, 5) is 55.1. The first-order valence-corrected chi connectivity index (χ1v) is 16.6. The van der Waals surface area contributed by atoms with Crippen molar-refractivity contribution in [3.63, 3.8) is 0 Å². The van der Waals surface area contributed by atoms with Crippen LogP contribution in [0.2, 0.25) is 0 Å². The van der Waals surface area contributed by atoms with E-state index in [9.17, 15) is 19.2 Å². The fourth-order valence-electron chi connectivity index (χ4n) is 4.70. The summed E-state index contributed by atoms with van der Waals surface area (Å²) < 4.78 is 22.3. The average Bonchev–Trinajstić information content (AvgIpc) is 2.96. The Morgan fingerprint density at radius 2 is 0.756 bits per heavy atom. The van der Waals surface area contributed by atoms with Crippen molar-refractivity contribution in [3.8, 4) is 0 Å². The molecule has 8 heteroatoms. The van der Waals surface area contributed by atoms with E-state index < -0.39 is 35.2 Å². The summed E-state index contributed by atoms with van der Waals surface area (Å²) in [7, 11) is 0. The van der Waals surface area contributed by atoms with Crippen molar-refractivity contribution in [1.82, 2.24) is 0 Å². The van der Waals surface area contributed by atoms with Crippen LogP contribution < -0.4 is 0 Å². The van der Waals surface area contributed by atoms with Gasteiger partial charge in [0.15, 0.2) is 0 Å². The highest BCUT2D eigenvalue weighted by Crippen LogP contribution is 2.38. The lowest BCUT2D eigenvalue weighted by atomic mass is 9.72. The Kier molecular flexibility index (Phi) is 24.3. The molecule has 0 aliphatic heterocycles. The predicted molar refractivity (Wildman–Crippen MR) is 161 cm³/mol. The van der Waals surface area contributed by atoms with Crippen LogP contribution >= 0.6 is 0 Å². The maximum absolute atomic E-state index is 13.9. The van der Waals surface area contributed by atoms with Crippen molar-refractivity contribution in [3.05, 3.63) is 0 Å². The Hall–Kier alpha value is -2.12. The van der Waals surface area contributed by atoms with Gasteiger partial charge in [0.2, 0.25) is 0 Å². The summed E-state index contributed by atoms with van der Waals surface area (Å²) in [6, 6.07) is 0. The van der Waals surface area contributed by atoms with E-state index in [1.54, 1.807) is 0 Å². The number of carbonyl (C=O) groups excluding carboxylic acids is 4. The van der Waals surface area contributed by atoms with Gasteiger partial charge in [-0.15, -0.1) is 0 Å². The van der Waals surface area contributed by atoms with E-state index >= 15 is 0 Å². The Morgan fingerprint density at radius 3 is 1.05 bits per heavy atom. The van der Waals surface area contributed by atoms with Gasteiger partial charge in [0.05, 0.1) is 32.3 Å². The first-order valence-electron chi connectivity index (χ1n) is 16.6. The Labute approximate surface area is 250 Å². The normalized spacial score (nSPS) is 12.0. The van der Waals surface area contributed by atoms with E-state index in [2.05, 4.69) is 27.7 Å². The van der Waals surface area contributed by atoms with Crippen LogP contribution in [0.25, 0.3) is 0 Å². The van der Waals surface area contributed by atoms with Crippen LogP contribution in [0.5, 0.6) is 0 Å². The molecule has 0 N–H and O–H groups in total. The fraction of sp³-hybridized carbons (Fsp3) is 0.879. The quantitative estimate of drug-likeness (QED) is 0.0415. The van der Waals surface area contributed by atoms with Crippen molar-refractivity contribution in [2.75, 3.05) is 26.4 Å². The largest absolute Gasteiger partial charge is 0.465 e. The van der Waals surface area contributed by atoms with E-state index in [1.165, 1.54) is 0 Å². The van der Waals surface area contributed by atoms with Crippen LogP contribution in [0, 0.1) is 11.3 Å². The predicted octanol–water partition coefficient (Wildman–Crippen LogP) is 7.88. The molecule has 0 amide bonds. The SMILES string of the molecule is CCCCCCOC(=O)C(CCC)C(C(=O)OCCCCCC)(C(=O)OCCCCCC)C(=O)OCCCCCC. The van der Waals surface area contributed by atoms with Crippen LogP contribution in [-0.2, 0) is 38.1 Å². The van der Waals surface area contributed by atoms with Gasteiger partial charge < -0.3 is 18.9 Å². The number of carbonyl (C=O) groups is 4. The molecular formula is C33H60O8. The zero-order chi connectivity index (χ0) is 30.8. The number of hydrogen-bond acceptors (Lipinski definition) is 8. The van der Waals surface area contributed by atoms with Crippen LogP contribution in [0.4, 0.5) is 0 Å². The third kappa shape index (κ3) is 15.1. The molecule has 0 heterocycles. The van der Waals surface area contributed by atoms with Crippen LogP contribution in [0.15, 0.2) is 0 Å². The Bertz CT molecular complexity index is 641. The Balaban J connectivity index is 6.28. The van der Waals surface area contributed by atoms with Gasteiger partial charge in [-0.25, -0.2) is 0 Å². The molecule has 0 bridgehead atoms. The molecule has 0 aromatic heterocycles. The molecule has 240 valence electrons. The van der Waals surface area contributed by atoms with Gasteiger partial charge in [0.1, 0.15) is 0 Å². The maximum atomic E-state index is 13.9. The Morgan fingerprint density at radius 1 is 0.439 bits per heavy atom. The van der Waals surface area contributed by atoms with Crippen molar-refractivity contribution >= 4 is 23.9 Å². The number of ether oxygens (including phenoxy) is 4. The number of unbranched alkanes of at least 4 members (excludes halogenated alkanes) is 12. The average molecular weight is 585 g/mol. The van der Waals surface area contributed by atoms with E-state index in [0.29, 0.717) is 32.1 Å². The number of hydrogen-bond donors (Lipinski definition) is 0. The highest BCUT2D eigenvalue weighted by atomic mass is 16.6. The van der Waals surface area contributed by atoms with E-state index in [1.807, 2.05) is 6.92 Å². The molecule has 0 spiro atoms. The molecule has 1 atom stereocenters. The van der Waals surface area contributed by atoms with Crippen LogP contribution in [-0.4, -0.2) is 50.3 Å². The molecular weight excluding hydrogens is 524 g/mol. The fourth-order valence-corrected chi connectivity index (χ4v) is 4.70. The van der Waals surface area contributed by atoms with Gasteiger partial charge in [-0.1, -0.05) is 118 Å². The molecule has 41 heavy (non-hydrogen) atoms. The second-order valence-corrected chi connectivity index (χ2v) is 11.0. The summed E-state index contributed by atoms with van der Waals surface area (Å²) in [6.45, 7) is 10.4. The lowest BCUT2D eigenvalue weighted by molar-refractivity contribution is -0.195. The summed E-state index contributed by atoms with van der Waals surface area (Å²) in [6.07, 6.45) is 14.4. The molecule has 0 saturated carbocycles. The van der Waals surface area contributed by atoms with Crippen molar-refractivity contribution < 1.29 is 38.1 Å². The second kappa shape index (κ2) is 25.6. The summed E-state index contributed by atoms with van der Waals surface area (Å²) >= 11 is 0. The van der Waals surface area contributed by atoms with E-state index in [0.717, 1.165) is 77.0 Å². The third-order valence-corrected chi connectivity index (χ3v) is 7.29. The molecule has 0 aliphatic rings. The van der Waals surface area contributed by atoms with E-state index in [-0.39, 0.29) is 32.8 Å². The molecule has 0 fully saturated rings. The standard InChI is InChI=1S/C33H60O8/c1-6-11-15-19-24-38-29(34)28(23-10-5)33(30(35)39-25-20-16-12-7-2,31(36)40-26-21-17-13-8-3)32(37)41-27-22-18-14-9-4/h28H,6-27H2,1-5H3. The molecule has 0 rings (SSSR count). The molecule has 0 aromatic rings. The van der Waals surface area contributed by atoms with Gasteiger partial charge >= 0.3 is 23.9 Å². The van der Waals surface area contributed by atoms with Gasteiger partial charge in [0, 0.05) is 0 Å². The first-order chi connectivity index (χ1) is 19.9. The van der Waals surface area contributed by atoms with Crippen molar-refractivity contribution in [2.24, 2.45) is 11.3 Å². The highest BCUT2D eigenvalue weighted by molar-refractivity contribution is 6.20. The number of rotatable bonds is 27. The third-order valence-electron chi connectivity index (χ3n) is 7.29. The molecule has 1 unspecified atom stereocenters. The minimum Gasteiger partial charge on any atom is -0.465 e. The van der Waals surface area contributed by atoms with E-state index in [4.69, 9.17) is 18.9 Å². The van der Waals surface area contributed by atoms with Crippen LogP contribution in [0.3, 0.4) is 0 Å². The lowest BCUT2D eigenvalue weighted by Crippen LogP contribution is -2.57.